The molecule has 2 aromatic rings. The average molecular weight is 378 g/mol. The van der Waals surface area contributed by atoms with Gasteiger partial charge in [-0.25, -0.2) is 0 Å². The molecule has 0 aliphatic carbocycles. The third kappa shape index (κ3) is 4.53. The predicted octanol–water partition coefficient (Wildman–Crippen LogP) is 0.321. The Morgan fingerprint density at radius 3 is 2.56 bits per heavy atom. The van der Waals surface area contributed by atoms with Gasteiger partial charge in [-0.15, -0.1) is 5.10 Å². The van der Waals surface area contributed by atoms with Gasteiger partial charge in [0.05, 0.1) is 13.2 Å². The summed E-state index contributed by atoms with van der Waals surface area (Å²) in [6.07, 6.45) is 0. The van der Waals surface area contributed by atoms with Crippen molar-refractivity contribution in [2.75, 3.05) is 42.3 Å². The van der Waals surface area contributed by atoms with Gasteiger partial charge in [-0.05, 0) is 36.6 Å². The first kappa shape index (κ1) is 17.3. The van der Waals surface area contributed by atoms with Crippen LogP contribution in [-0.4, -0.2) is 51.3 Å². The van der Waals surface area contributed by atoms with Gasteiger partial charge >= 0.3 is 0 Å². The average Bonchev–Trinajstić information content (AvgIpc) is 3.03. The molecule has 1 fully saturated rings. The Balaban J connectivity index is 1.56. The number of thiocarbonyl (C=S) groups is 2. The molecule has 11 heteroatoms. The smallest absolute Gasteiger partial charge is 0.247 e. The first-order chi connectivity index (χ1) is 12.1. The molecule has 0 bridgehead atoms. The van der Waals surface area contributed by atoms with Crippen LogP contribution < -0.4 is 26.8 Å². The van der Waals surface area contributed by atoms with E-state index in [0.29, 0.717) is 37.4 Å². The van der Waals surface area contributed by atoms with E-state index in [-0.39, 0.29) is 11.1 Å². The second-order valence-corrected chi connectivity index (χ2v) is 5.95. The number of nitrogen functional groups attached to an aromatic ring is 1. The van der Waals surface area contributed by atoms with Crippen molar-refractivity contribution in [1.82, 2.24) is 25.6 Å². The van der Waals surface area contributed by atoms with E-state index in [2.05, 4.69) is 26.3 Å². The van der Waals surface area contributed by atoms with Gasteiger partial charge in [-0.1, -0.05) is 18.2 Å². The molecule has 9 nitrogen and oxygen atoms in total. The second-order valence-electron chi connectivity index (χ2n) is 5.16. The first-order valence-corrected chi connectivity index (χ1v) is 8.43. The third-order valence-electron chi connectivity index (χ3n) is 3.42. The molecule has 1 aliphatic rings. The first-order valence-electron chi connectivity index (χ1n) is 7.61. The SMILES string of the molecule is Nc1nc(N2CCOCC2)nn1C(=S)NNC(=S)Nc1ccccc1. The third-order valence-corrected chi connectivity index (χ3v) is 3.90. The van der Waals surface area contributed by atoms with Crippen LogP contribution in [0.3, 0.4) is 0 Å². The van der Waals surface area contributed by atoms with E-state index < -0.39 is 0 Å². The fraction of sp³-hybridized carbons (Fsp3) is 0.286. The molecule has 5 N–H and O–H groups in total. The summed E-state index contributed by atoms with van der Waals surface area (Å²) in [5.74, 6) is 0.720. The number of rotatable bonds is 2. The van der Waals surface area contributed by atoms with Crippen molar-refractivity contribution in [3.63, 3.8) is 0 Å². The lowest BCUT2D eigenvalue weighted by molar-refractivity contribution is 0.122. The largest absolute Gasteiger partial charge is 0.378 e. The molecular formula is C14H18N8OS2. The summed E-state index contributed by atoms with van der Waals surface area (Å²) in [6, 6.07) is 9.54. The van der Waals surface area contributed by atoms with E-state index in [1.165, 1.54) is 4.68 Å². The van der Waals surface area contributed by atoms with E-state index in [0.717, 1.165) is 5.69 Å². The summed E-state index contributed by atoms with van der Waals surface area (Å²) < 4.78 is 6.66. The van der Waals surface area contributed by atoms with Crippen molar-refractivity contribution in [2.45, 2.75) is 0 Å². The van der Waals surface area contributed by atoms with Crippen LogP contribution in [0.2, 0.25) is 0 Å². The second kappa shape index (κ2) is 8.05. The Bertz CT molecular complexity index is 745. The molecule has 0 saturated carbocycles. The number of hydrogen-bond acceptors (Lipinski definition) is 7. The number of benzene rings is 1. The molecule has 0 spiro atoms. The summed E-state index contributed by atoms with van der Waals surface area (Å²) in [7, 11) is 0. The fourth-order valence-electron chi connectivity index (χ4n) is 2.21. The van der Waals surface area contributed by atoms with Crippen molar-refractivity contribution in [3.05, 3.63) is 30.3 Å². The molecule has 25 heavy (non-hydrogen) atoms. The minimum atomic E-state index is 0.197. The highest BCUT2D eigenvalue weighted by Crippen LogP contribution is 2.12. The molecule has 1 saturated heterocycles. The highest BCUT2D eigenvalue weighted by Gasteiger charge is 2.18. The van der Waals surface area contributed by atoms with Crippen molar-refractivity contribution in [2.24, 2.45) is 0 Å². The number of nitrogens with zero attached hydrogens (tertiary/aromatic N) is 4. The zero-order valence-electron chi connectivity index (χ0n) is 13.3. The molecule has 1 aromatic carbocycles. The Hall–Kier alpha value is -2.50. The summed E-state index contributed by atoms with van der Waals surface area (Å²) in [5, 5.41) is 7.96. The predicted molar refractivity (Wildman–Crippen MR) is 104 cm³/mol. The lowest BCUT2D eigenvalue weighted by atomic mass is 10.3. The van der Waals surface area contributed by atoms with Crippen molar-refractivity contribution >= 4 is 52.2 Å². The molecule has 3 rings (SSSR count). The quantitative estimate of drug-likeness (QED) is 0.431. The molecule has 1 aliphatic heterocycles. The fourth-order valence-corrected chi connectivity index (χ4v) is 2.56. The van der Waals surface area contributed by atoms with Crippen LogP contribution in [0.4, 0.5) is 17.6 Å². The standard InChI is InChI=1S/C14H18N8OS2/c15-11-17-12(21-6-8-23-9-7-21)20-22(11)14(25)19-18-13(24)16-10-4-2-1-3-5-10/h1-5H,6-9H2,(H,19,25)(H2,15,17,20)(H2,16,18,24). The van der Waals surface area contributed by atoms with Crippen LogP contribution >= 0.6 is 24.4 Å². The van der Waals surface area contributed by atoms with E-state index in [1.807, 2.05) is 35.2 Å². The molecule has 1 aromatic heterocycles. The van der Waals surface area contributed by atoms with Crippen molar-refractivity contribution in [3.8, 4) is 0 Å². The monoisotopic (exact) mass is 378 g/mol. The number of anilines is 3. The Kier molecular flexibility index (Phi) is 5.58. The van der Waals surface area contributed by atoms with Crippen LogP contribution in [0.5, 0.6) is 0 Å². The number of ether oxygens (including phenoxy) is 1. The maximum absolute atomic E-state index is 5.91. The molecule has 0 unspecified atom stereocenters. The molecule has 132 valence electrons. The number of morpholine rings is 1. The zero-order valence-corrected chi connectivity index (χ0v) is 14.9. The molecule has 0 radical (unpaired) electrons. The maximum Gasteiger partial charge on any atom is 0.247 e. The number of hydrazine groups is 1. The summed E-state index contributed by atoms with van der Waals surface area (Å²) in [4.78, 5) is 6.24. The topological polar surface area (TPSA) is 105 Å². The normalized spacial score (nSPS) is 14.0. The van der Waals surface area contributed by atoms with Crippen molar-refractivity contribution in [1.29, 1.82) is 0 Å². The summed E-state index contributed by atoms with van der Waals surface area (Å²) >= 11 is 10.5. The highest BCUT2D eigenvalue weighted by atomic mass is 32.1. The van der Waals surface area contributed by atoms with Crippen LogP contribution in [0, 0.1) is 0 Å². The van der Waals surface area contributed by atoms with Crippen LogP contribution in [0.25, 0.3) is 0 Å². The van der Waals surface area contributed by atoms with E-state index >= 15 is 0 Å². The minimum absolute atomic E-state index is 0.197. The molecule has 0 atom stereocenters. The van der Waals surface area contributed by atoms with E-state index in [1.54, 1.807) is 0 Å². The maximum atomic E-state index is 5.91. The summed E-state index contributed by atoms with van der Waals surface area (Å²) in [6.45, 7) is 2.70. The lowest BCUT2D eigenvalue weighted by Crippen LogP contribution is -2.46. The van der Waals surface area contributed by atoms with Gasteiger partial charge in [-0.2, -0.15) is 9.67 Å². The van der Waals surface area contributed by atoms with Gasteiger partial charge in [0.25, 0.3) is 0 Å². The highest BCUT2D eigenvalue weighted by molar-refractivity contribution is 7.80. The lowest BCUT2D eigenvalue weighted by Gasteiger charge is -2.25. The number of hydrogen-bond donors (Lipinski definition) is 4. The van der Waals surface area contributed by atoms with Crippen molar-refractivity contribution < 1.29 is 4.74 Å². The summed E-state index contributed by atoms with van der Waals surface area (Å²) in [5.41, 5.74) is 12.4. The molecule has 2 heterocycles. The minimum Gasteiger partial charge on any atom is -0.378 e. The Labute approximate surface area is 155 Å². The van der Waals surface area contributed by atoms with Gasteiger partial charge < -0.3 is 20.7 Å². The van der Waals surface area contributed by atoms with Gasteiger partial charge in [-0.3, -0.25) is 10.9 Å². The number of aromatic nitrogens is 3. The van der Waals surface area contributed by atoms with Gasteiger partial charge in [0.15, 0.2) is 5.11 Å². The van der Waals surface area contributed by atoms with Crippen LogP contribution in [0.1, 0.15) is 0 Å². The zero-order chi connectivity index (χ0) is 17.6. The number of para-hydroxylation sites is 1. The van der Waals surface area contributed by atoms with E-state index in [9.17, 15) is 0 Å². The molecule has 0 amide bonds. The van der Waals surface area contributed by atoms with E-state index in [4.69, 9.17) is 34.9 Å². The van der Waals surface area contributed by atoms with Gasteiger partial charge in [0, 0.05) is 18.8 Å². The number of nitrogens with one attached hydrogen (secondary N) is 3. The van der Waals surface area contributed by atoms with Crippen LogP contribution in [-0.2, 0) is 4.74 Å². The molecular weight excluding hydrogens is 360 g/mol. The van der Waals surface area contributed by atoms with Crippen LogP contribution in [0.15, 0.2) is 30.3 Å². The van der Waals surface area contributed by atoms with Gasteiger partial charge in [0.2, 0.25) is 17.0 Å². The Morgan fingerprint density at radius 2 is 1.84 bits per heavy atom. The Morgan fingerprint density at radius 1 is 1.12 bits per heavy atom. The number of nitrogens with two attached hydrogens (primary N) is 1. The van der Waals surface area contributed by atoms with Gasteiger partial charge in [0.1, 0.15) is 0 Å².